The molecule has 0 saturated heterocycles. The molecule has 0 fully saturated rings. The molecule has 0 bridgehead atoms. The van der Waals surface area contributed by atoms with Crippen LogP contribution in [0, 0.1) is 5.82 Å². The Morgan fingerprint density at radius 2 is 1.72 bits per heavy atom. The number of thioether (sulfide) groups is 1. The van der Waals surface area contributed by atoms with Crippen molar-refractivity contribution in [3.8, 4) is 5.69 Å². The van der Waals surface area contributed by atoms with Crippen LogP contribution in [0.3, 0.4) is 0 Å². The van der Waals surface area contributed by atoms with Crippen molar-refractivity contribution in [2.75, 3.05) is 14.1 Å². The second kappa shape index (κ2) is 8.85. The number of rotatable bonds is 6. The van der Waals surface area contributed by atoms with Crippen molar-refractivity contribution >= 4 is 32.7 Å². The number of hydrogen-bond acceptors (Lipinski definition) is 5. The molecule has 0 spiro atoms. The molecule has 0 amide bonds. The Bertz CT molecular complexity index is 1450. The molecule has 0 aliphatic heterocycles. The standard InChI is InChI=1S/C23H20FN3O3S2/c1-26(2)32(29,30)19-7-5-6-16(14-19)15-31-23-25-21-9-4-3-8-20(21)22(28)27(23)18-12-10-17(24)11-13-18/h3-14H,15H2,1-2H3. The monoisotopic (exact) mass is 469 g/mol. The topological polar surface area (TPSA) is 72.3 Å². The summed E-state index contributed by atoms with van der Waals surface area (Å²) in [5, 5.41) is 0.890. The van der Waals surface area contributed by atoms with Crippen molar-refractivity contribution in [3.05, 3.63) is 94.5 Å². The third kappa shape index (κ3) is 4.32. The van der Waals surface area contributed by atoms with Crippen molar-refractivity contribution in [3.63, 3.8) is 0 Å². The molecule has 1 aromatic heterocycles. The van der Waals surface area contributed by atoms with Gasteiger partial charge in [-0.05, 0) is 54.1 Å². The number of halogens is 1. The summed E-state index contributed by atoms with van der Waals surface area (Å²) >= 11 is 1.31. The Hall–Kier alpha value is -3.01. The Kier molecular flexibility index (Phi) is 6.14. The summed E-state index contributed by atoms with van der Waals surface area (Å²) in [5.41, 5.74) is 1.57. The van der Waals surface area contributed by atoms with E-state index in [-0.39, 0.29) is 10.5 Å². The second-order valence-electron chi connectivity index (χ2n) is 7.25. The summed E-state index contributed by atoms with van der Waals surface area (Å²) in [6, 6.07) is 19.4. The van der Waals surface area contributed by atoms with E-state index in [1.807, 2.05) is 6.07 Å². The van der Waals surface area contributed by atoms with Gasteiger partial charge >= 0.3 is 0 Å². The van der Waals surface area contributed by atoms with E-state index in [4.69, 9.17) is 0 Å². The van der Waals surface area contributed by atoms with Crippen LogP contribution in [0.5, 0.6) is 0 Å². The number of sulfonamides is 1. The van der Waals surface area contributed by atoms with Crippen molar-refractivity contribution < 1.29 is 12.8 Å². The molecule has 32 heavy (non-hydrogen) atoms. The van der Waals surface area contributed by atoms with Crippen molar-refractivity contribution in [2.24, 2.45) is 0 Å². The maximum absolute atomic E-state index is 13.5. The summed E-state index contributed by atoms with van der Waals surface area (Å²) in [6.45, 7) is 0. The molecule has 164 valence electrons. The van der Waals surface area contributed by atoms with Gasteiger partial charge in [-0.1, -0.05) is 36.0 Å². The molecule has 0 aliphatic rings. The fourth-order valence-corrected chi connectivity index (χ4v) is 5.11. The Balaban J connectivity index is 1.76. The van der Waals surface area contributed by atoms with Crippen LogP contribution in [-0.4, -0.2) is 36.4 Å². The lowest BCUT2D eigenvalue weighted by atomic mass is 10.2. The highest BCUT2D eigenvalue weighted by molar-refractivity contribution is 7.98. The minimum Gasteiger partial charge on any atom is -0.268 e. The molecule has 1 heterocycles. The van der Waals surface area contributed by atoms with Crippen LogP contribution in [0.4, 0.5) is 4.39 Å². The first-order valence-corrected chi connectivity index (χ1v) is 12.1. The lowest BCUT2D eigenvalue weighted by molar-refractivity contribution is 0.520. The molecular formula is C23H20FN3O3S2. The van der Waals surface area contributed by atoms with Gasteiger partial charge in [-0.3, -0.25) is 9.36 Å². The summed E-state index contributed by atoms with van der Waals surface area (Å²) in [4.78, 5) is 18.1. The van der Waals surface area contributed by atoms with Crippen molar-refractivity contribution in [2.45, 2.75) is 15.8 Å². The molecule has 0 atom stereocenters. The molecule has 0 saturated carbocycles. The molecular weight excluding hydrogens is 449 g/mol. The summed E-state index contributed by atoms with van der Waals surface area (Å²) in [6.07, 6.45) is 0. The first kappa shape index (κ1) is 22.2. The van der Waals surface area contributed by atoms with E-state index in [1.165, 1.54) is 54.7 Å². The SMILES string of the molecule is CN(C)S(=O)(=O)c1cccc(CSc2nc3ccccc3c(=O)n2-c2ccc(F)cc2)c1. The zero-order valence-corrected chi connectivity index (χ0v) is 19.0. The van der Waals surface area contributed by atoms with Crippen LogP contribution in [0.2, 0.25) is 0 Å². The highest BCUT2D eigenvalue weighted by Crippen LogP contribution is 2.26. The molecule has 0 unspecified atom stereocenters. The second-order valence-corrected chi connectivity index (χ2v) is 10.3. The maximum atomic E-state index is 13.5. The number of nitrogens with zero attached hydrogens (tertiary/aromatic N) is 3. The minimum atomic E-state index is -3.56. The van der Waals surface area contributed by atoms with Crippen LogP contribution >= 0.6 is 11.8 Å². The largest absolute Gasteiger partial charge is 0.268 e. The van der Waals surface area contributed by atoms with Gasteiger partial charge in [0.1, 0.15) is 5.82 Å². The third-order valence-corrected chi connectivity index (χ3v) is 7.70. The van der Waals surface area contributed by atoms with E-state index < -0.39 is 15.8 Å². The number of fused-ring (bicyclic) bond motifs is 1. The molecule has 9 heteroatoms. The van der Waals surface area contributed by atoms with Gasteiger partial charge in [-0.25, -0.2) is 22.1 Å². The molecule has 0 radical (unpaired) electrons. The maximum Gasteiger partial charge on any atom is 0.266 e. The third-order valence-electron chi connectivity index (χ3n) is 4.87. The predicted molar refractivity (Wildman–Crippen MR) is 124 cm³/mol. The summed E-state index contributed by atoms with van der Waals surface area (Å²) in [7, 11) is -0.589. The van der Waals surface area contributed by atoms with Gasteiger partial charge in [0.2, 0.25) is 10.0 Å². The van der Waals surface area contributed by atoms with Gasteiger partial charge < -0.3 is 0 Å². The van der Waals surface area contributed by atoms with Crippen LogP contribution in [0.1, 0.15) is 5.56 Å². The first-order chi connectivity index (χ1) is 15.3. The normalized spacial score (nSPS) is 11.9. The highest BCUT2D eigenvalue weighted by Gasteiger charge is 2.18. The minimum absolute atomic E-state index is 0.197. The Morgan fingerprint density at radius 1 is 1.00 bits per heavy atom. The van der Waals surface area contributed by atoms with Gasteiger partial charge in [-0.2, -0.15) is 0 Å². The number of hydrogen-bond donors (Lipinski definition) is 0. The number of para-hydroxylation sites is 1. The predicted octanol–water partition coefficient (Wildman–Crippen LogP) is 4.07. The zero-order valence-electron chi connectivity index (χ0n) is 17.4. The van der Waals surface area contributed by atoms with E-state index >= 15 is 0 Å². The molecule has 4 rings (SSSR count). The number of benzene rings is 3. The average Bonchev–Trinajstić information content (AvgIpc) is 2.79. The average molecular weight is 470 g/mol. The molecule has 0 N–H and O–H groups in total. The molecule has 3 aromatic carbocycles. The highest BCUT2D eigenvalue weighted by atomic mass is 32.2. The van der Waals surface area contributed by atoms with Crippen LogP contribution in [0.25, 0.3) is 16.6 Å². The fraction of sp³-hybridized carbons (Fsp3) is 0.130. The quantitative estimate of drug-likeness (QED) is 0.315. The molecule has 0 aliphatic carbocycles. The van der Waals surface area contributed by atoms with E-state index in [9.17, 15) is 17.6 Å². The lowest BCUT2D eigenvalue weighted by Gasteiger charge is -2.14. The smallest absolute Gasteiger partial charge is 0.266 e. The van der Waals surface area contributed by atoms with E-state index in [0.717, 1.165) is 9.87 Å². The van der Waals surface area contributed by atoms with Crippen LogP contribution < -0.4 is 5.56 Å². The van der Waals surface area contributed by atoms with Gasteiger partial charge in [-0.15, -0.1) is 0 Å². The zero-order chi connectivity index (χ0) is 22.9. The van der Waals surface area contributed by atoms with Gasteiger partial charge in [0, 0.05) is 19.8 Å². The Morgan fingerprint density at radius 3 is 2.44 bits per heavy atom. The van der Waals surface area contributed by atoms with E-state index in [2.05, 4.69) is 4.98 Å². The molecule has 6 nitrogen and oxygen atoms in total. The summed E-state index contributed by atoms with van der Waals surface area (Å²) in [5.74, 6) is -0.00775. The fourth-order valence-electron chi connectivity index (χ4n) is 3.18. The van der Waals surface area contributed by atoms with Crippen molar-refractivity contribution in [1.29, 1.82) is 0 Å². The van der Waals surface area contributed by atoms with E-state index in [1.54, 1.807) is 42.5 Å². The van der Waals surface area contributed by atoms with Gasteiger partial charge in [0.05, 0.1) is 21.5 Å². The van der Waals surface area contributed by atoms with Crippen molar-refractivity contribution in [1.82, 2.24) is 13.9 Å². The van der Waals surface area contributed by atoms with Crippen LogP contribution in [-0.2, 0) is 15.8 Å². The molecule has 4 aromatic rings. The Labute approximate surface area is 189 Å². The van der Waals surface area contributed by atoms with Gasteiger partial charge in [0.15, 0.2) is 5.16 Å². The van der Waals surface area contributed by atoms with E-state index in [0.29, 0.717) is 27.5 Å². The first-order valence-electron chi connectivity index (χ1n) is 9.69. The lowest BCUT2D eigenvalue weighted by Crippen LogP contribution is -2.22. The van der Waals surface area contributed by atoms with Gasteiger partial charge in [0.25, 0.3) is 5.56 Å². The van der Waals surface area contributed by atoms with Crippen LogP contribution in [0.15, 0.2) is 87.6 Å². The summed E-state index contributed by atoms with van der Waals surface area (Å²) < 4.78 is 41.0. The number of aromatic nitrogens is 2.